The van der Waals surface area contributed by atoms with Crippen LogP contribution < -0.4 is 10.6 Å². The Kier molecular flexibility index (Phi) is 4.65. The highest BCUT2D eigenvalue weighted by molar-refractivity contribution is 5.84. The molecule has 104 valence electrons. The number of hydrogen-bond acceptors (Lipinski definition) is 3. The van der Waals surface area contributed by atoms with Crippen molar-refractivity contribution in [2.45, 2.75) is 12.8 Å². The molecule has 0 bridgehead atoms. The van der Waals surface area contributed by atoms with Gasteiger partial charge in [0.2, 0.25) is 11.8 Å². The summed E-state index contributed by atoms with van der Waals surface area (Å²) in [4.78, 5) is 27.1. The summed E-state index contributed by atoms with van der Waals surface area (Å²) < 4.78 is 0. The largest absolute Gasteiger partial charge is 0.358 e. The first-order valence-electron chi connectivity index (χ1n) is 6.51. The molecule has 1 heterocycles. The van der Waals surface area contributed by atoms with Crippen molar-refractivity contribution in [3.8, 4) is 0 Å². The van der Waals surface area contributed by atoms with E-state index < -0.39 is 0 Å². The average Bonchev–Trinajstić information content (AvgIpc) is 2.50. The Morgan fingerprint density at radius 1 is 1.10 bits per heavy atom. The smallest absolute Gasteiger partial charge is 0.239 e. The van der Waals surface area contributed by atoms with Gasteiger partial charge in [-0.2, -0.15) is 0 Å². The van der Waals surface area contributed by atoms with Gasteiger partial charge in [0.1, 0.15) is 0 Å². The fraction of sp³-hybridized carbons (Fsp3) is 0.267. The molecular formula is C15H17N3O2. The molecule has 0 aliphatic rings. The number of nitrogens with one attached hydrogen (secondary N) is 2. The number of para-hydroxylation sites is 1. The number of benzene rings is 1. The van der Waals surface area contributed by atoms with Gasteiger partial charge in [0.25, 0.3) is 0 Å². The van der Waals surface area contributed by atoms with Gasteiger partial charge in [0.15, 0.2) is 0 Å². The van der Waals surface area contributed by atoms with Gasteiger partial charge in [-0.1, -0.05) is 24.3 Å². The van der Waals surface area contributed by atoms with Gasteiger partial charge in [0.05, 0.1) is 12.1 Å². The molecule has 2 rings (SSSR count). The number of aromatic nitrogens is 1. The number of carbonyl (C=O) groups is 2. The summed E-state index contributed by atoms with van der Waals surface area (Å²) in [5, 5.41) is 6.09. The van der Waals surface area contributed by atoms with Crippen LogP contribution in [-0.4, -0.2) is 30.4 Å². The Balaban J connectivity index is 1.89. The molecule has 0 aliphatic heterocycles. The number of pyridine rings is 1. The van der Waals surface area contributed by atoms with Crippen molar-refractivity contribution in [2.24, 2.45) is 0 Å². The lowest BCUT2D eigenvalue weighted by Gasteiger charge is -2.05. The van der Waals surface area contributed by atoms with Crippen molar-refractivity contribution < 1.29 is 9.59 Å². The Labute approximate surface area is 117 Å². The van der Waals surface area contributed by atoms with Crippen molar-refractivity contribution in [3.05, 3.63) is 42.1 Å². The van der Waals surface area contributed by atoms with Crippen LogP contribution in [-0.2, 0) is 16.0 Å². The maximum Gasteiger partial charge on any atom is 0.239 e. The van der Waals surface area contributed by atoms with Crippen LogP contribution in [0.4, 0.5) is 0 Å². The summed E-state index contributed by atoms with van der Waals surface area (Å²) in [5.41, 5.74) is 1.80. The lowest BCUT2D eigenvalue weighted by atomic mass is 10.1. The van der Waals surface area contributed by atoms with Crippen molar-refractivity contribution in [3.63, 3.8) is 0 Å². The van der Waals surface area contributed by atoms with Crippen molar-refractivity contribution in [1.29, 1.82) is 0 Å². The minimum absolute atomic E-state index is 0.0144. The minimum Gasteiger partial charge on any atom is -0.358 e. The second-order valence-corrected chi connectivity index (χ2v) is 4.45. The van der Waals surface area contributed by atoms with E-state index in [4.69, 9.17) is 0 Å². The van der Waals surface area contributed by atoms with Crippen LogP contribution in [0.15, 0.2) is 36.4 Å². The monoisotopic (exact) mass is 271 g/mol. The van der Waals surface area contributed by atoms with Gasteiger partial charge in [-0.15, -0.1) is 0 Å². The van der Waals surface area contributed by atoms with Gasteiger partial charge in [0, 0.05) is 24.5 Å². The van der Waals surface area contributed by atoms with Gasteiger partial charge in [-0.25, -0.2) is 0 Å². The van der Waals surface area contributed by atoms with Crippen molar-refractivity contribution >= 4 is 22.7 Å². The zero-order valence-corrected chi connectivity index (χ0v) is 11.3. The molecule has 0 saturated heterocycles. The fourth-order valence-corrected chi connectivity index (χ4v) is 1.84. The molecule has 0 saturated carbocycles. The van der Waals surface area contributed by atoms with Gasteiger partial charge >= 0.3 is 0 Å². The van der Waals surface area contributed by atoms with E-state index in [1.165, 1.54) is 7.05 Å². The van der Waals surface area contributed by atoms with E-state index in [0.717, 1.165) is 16.6 Å². The first kappa shape index (κ1) is 14.0. The number of likely N-dealkylation sites (N-methyl/N-ethyl adjacent to an activating group) is 1. The molecule has 5 nitrogen and oxygen atoms in total. The average molecular weight is 271 g/mol. The van der Waals surface area contributed by atoms with E-state index >= 15 is 0 Å². The Morgan fingerprint density at radius 3 is 2.70 bits per heavy atom. The quantitative estimate of drug-likeness (QED) is 0.853. The molecule has 0 fully saturated rings. The zero-order chi connectivity index (χ0) is 14.4. The molecule has 1 aromatic carbocycles. The summed E-state index contributed by atoms with van der Waals surface area (Å²) in [6, 6.07) is 11.8. The summed E-state index contributed by atoms with van der Waals surface area (Å²) in [5.74, 6) is -0.356. The Hall–Kier alpha value is -2.43. The third-order valence-electron chi connectivity index (χ3n) is 2.99. The van der Waals surface area contributed by atoms with Crippen LogP contribution in [0.1, 0.15) is 12.1 Å². The molecule has 0 atom stereocenters. The van der Waals surface area contributed by atoms with Crippen LogP contribution in [0.3, 0.4) is 0 Å². The first-order valence-corrected chi connectivity index (χ1v) is 6.51. The summed E-state index contributed by atoms with van der Waals surface area (Å²) in [7, 11) is 1.54. The lowest BCUT2D eigenvalue weighted by molar-refractivity contribution is -0.125. The highest BCUT2D eigenvalue weighted by Crippen LogP contribution is 2.12. The summed E-state index contributed by atoms with van der Waals surface area (Å²) in [6.07, 6.45) is 0.882. The molecule has 0 spiro atoms. The standard InChI is InChI=1S/C15H17N3O2/c1-16-15(20)10-17-14(19)9-8-12-7-6-11-4-2-3-5-13(11)18-12/h2-7H,8-10H2,1H3,(H,16,20)(H,17,19). The maximum absolute atomic E-state index is 11.6. The molecule has 20 heavy (non-hydrogen) atoms. The second kappa shape index (κ2) is 6.65. The predicted octanol–water partition coefficient (Wildman–Crippen LogP) is 1.03. The van der Waals surface area contributed by atoms with E-state index in [2.05, 4.69) is 15.6 Å². The minimum atomic E-state index is -0.206. The van der Waals surface area contributed by atoms with E-state index in [-0.39, 0.29) is 18.4 Å². The van der Waals surface area contributed by atoms with Gasteiger partial charge in [-0.3, -0.25) is 14.6 Å². The SMILES string of the molecule is CNC(=O)CNC(=O)CCc1ccc2ccccc2n1. The number of amides is 2. The molecule has 5 heteroatoms. The Morgan fingerprint density at radius 2 is 1.90 bits per heavy atom. The van der Waals surface area contributed by atoms with E-state index in [0.29, 0.717) is 12.8 Å². The summed E-state index contributed by atoms with van der Waals surface area (Å²) >= 11 is 0. The number of nitrogens with zero attached hydrogens (tertiary/aromatic N) is 1. The summed E-state index contributed by atoms with van der Waals surface area (Å²) in [6.45, 7) is 0.0144. The maximum atomic E-state index is 11.6. The molecule has 1 aromatic heterocycles. The number of fused-ring (bicyclic) bond motifs is 1. The van der Waals surface area contributed by atoms with Crippen molar-refractivity contribution in [2.75, 3.05) is 13.6 Å². The molecular weight excluding hydrogens is 254 g/mol. The first-order chi connectivity index (χ1) is 9.69. The van der Waals surface area contributed by atoms with E-state index in [1.54, 1.807) is 0 Å². The van der Waals surface area contributed by atoms with Crippen LogP contribution >= 0.6 is 0 Å². The third-order valence-corrected chi connectivity index (χ3v) is 2.99. The number of hydrogen-bond donors (Lipinski definition) is 2. The third kappa shape index (κ3) is 3.78. The highest BCUT2D eigenvalue weighted by atomic mass is 16.2. The Bertz CT molecular complexity index is 625. The van der Waals surface area contributed by atoms with Crippen LogP contribution in [0.25, 0.3) is 10.9 Å². The van der Waals surface area contributed by atoms with Crippen LogP contribution in [0.5, 0.6) is 0 Å². The van der Waals surface area contributed by atoms with E-state index in [9.17, 15) is 9.59 Å². The highest BCUT2D eigenvalue weighted by Gasteiger charge is 2.05. The van der Waals surface area contributed by atoms with Crippen LogP contribution in [0.2, 0.25) is 0 Å². The number of rotatable bonds is 5. The van der Waals surface area contributed by atoms with Crippen LogP contribution in [0, 0.1) is 0 Å². The predicted molar refractivity (Wildman–Crippen MR) is 77.1 cm³/mol. The van der Waals surface area contributed by atoms with Crippen molar-refractivity contribution in [1.82, 2.24) is 15.6 Å². The number of aryl methyl sites for hydroxylation is 1. The van der Waals surface area contributed by atoms with Gasteiger partial charge in [-0.05, 0) is 18.6 Å². The molecule has 2 N–H and O–H groups in total. The molecule has 0 unspecified atom stereocenters. The number of carbonyl (C=O) groups excluding carboxylic acids is 2. The normalized spacial score (nSPS) is 10.2. The fourth-order valence-electron chi connectivity index (χ4n) is 1.84. The zero-order valence-electron chi connectivity index (χ0n) is 11.3. The van der Waals surface area contributed by atoms with E-state index in [1.807, 2.05) is 36.4 Å². The van der Waals surface area contributed by atoms with Gasteiger partial charge < -0.3 is 10.6 Å². The molecule has 2 aromatic rings. The lowest BCUT2D eigenvalue weighted by Crippen LogP contribution is -2.35. The topological polar surface area (TPSA) is 71.1 Å². The molecule has 2 amide bonds. The second-order valence-electron chi connectivity index (χ2n) is 4.45. The molecule has 0 aliphatic carbocycles. The molecule has 0 radical (unpaired) electrons.